The van der Waals surface area contributed by atoms with Gasteiger partial charge >= 0.3 is 5.69 Å². The van der Waals surface area contributed by atoms with Gasteiger partial charge in [0.1, 0.15) is 5.76 Å². The lowest BCUT2D eigenvalue weighted by atomic mass is 10.1. The molecule has 1 aliphatic heterocycles. The minimum atomic E-state index is -0.631. The summed E-state index contributed by atoms with van der Waals surface area (Å²) in [4.78, 5) is 37.2. The van der Waals surface area contributed by atoms with E-state index in [1.54, 1.807) is 38.2 Å². The average molecular weight is 436 g/mol. The van der Waals surface area contributed by atoms with Gasteiger partial charge in [-0.25, -0.2) is 4.79 Å². The number of rotatable bonds is 3. The van der Waals surface area contributed by atoms with Gasteiger partial charge in [-0.2, -0.15) is 0 Å². The Bertz CT molecular complexity index is 1510. The molecule has 0 spiro atoms. The van der Waals surface area contributed by atoms with Gasteiger partial charge in [0.05, 0.1) is 40.1 Å². The number of ether oxygens (including phenoxy) is 1. The monoisotopic (exact) mass is 436 g/mol. The summed E-state index contributed by atoms with van der Waals surface area (Å²) in [6.45, 7) is 2.42. The molecule has 10 heteroatoms. The first kappa shape index (κ1) is 20.0. The van der Waals surface area contributed by atoms with Gasteiger partial charge in [-0.1, -0.05) is 12.1 Å². The number of aryl methyl sites for hydroxylation is 2. The molecule has 3 aromatic heterocycles. The maximum Gasteiger partial charge on any atom is 0.331 e. The molecule has 164 valence electrons. The number of nitro benzene ring substituents is 1. The van der Waals surface area contributed by atoms with Crippen LogP contribution >= 0.6 is 0 Å². The normalized spacial score (nSPS) is 15.8. The zero-order chi connectivity index (χ0) is 22.7. The molecule has 0 saturated heterocycles. The average Bonchev–Trinajstić information content (AvgIpc) is 3.43. The maximum atomic E-state index is 13.3. The van der Waals surface area contributed by atoms with Crippen LogP contribution < -0.4 is 11.2 Å². The minimum absolute atomic E-state index is 0.0394. The van der Waals surface area contributed by atoms with Crippen LogP contribution in [0.3, 0.4) is 0 Å². The highest BCUT2D eigenvalue weighted by Gasteiger charge is 2.34. The van der Waals surface area contributed by atoms with Crippen molar-refractivity contribution >= 4 is 16.6 Å². The summed E-state index contributed by atoms with van der Waals surface area (Å²) in [5.74, 6) is 0.542. The first-order chi connectivity index (χ1) is 15.3. The van der Waals surface area contributed by atoms with Crippen molar-refractivity contribution in [2.75, 3.05) is 6.61 Å². The Balaban J connectivity index is 1.96. The summed E-state index contributed by atoms with van der Waals surface area (Å²) < 4.78 is 16.0. The van der Waals surface area contributed by atoms with Gasteiger partial charge in [0.2, 0.25) is 0 Å². The highest BCUT2D eigenvalue weighted by atomic mass is 16.6. The van der Waals surface area contributed by atoms with Crippen LogP contribution in [0.25, 0.3) is 22.2 Å². The lowest BCUT2D eigenvalue weighted by Crippen LogP contribution is -2.37. The number of nitrogens with zero attached hydrogens (tertiary/aromatic N) is 4. The van der Waals surface area contributed by atoms with Gasteiger partial charge in [0.15, 0.2) is 6.10 Å². The van der Waals surface area contributed by atoms with Crippen molar-refractivity contribution in [2.45, 2.75) is 19.6 Å². The van der Waals surface area contributed by atoms with Crippen LogP contribution in [-0.2, 0) is 25.4 Å². The molecule has 1 atom stereocenters. The molecule has 0 N–H and O–H groups in total. The summed E-state index contributed by atoms with van der Waals surface area (Å²) in [6, 6.07) is 8.40. The van der Waals surface area contributed by atoms with Crippen LogP contribution in [0, 0.1) is 17.0 Å². The van der Waals surface area contributed by atoms with E-state index in [1.807, 2.05) is 4.57 Å². The van der Waals surface area contributed by atoms with Crippen molar-refractivity contribution in [3.8, 4) is 11.3 Å². The Labute approximate surface area is 181 Å². The van der Waals surface area contributed by atoms with Crippen LogP contribution in [0.5, 0.6) is 0 Å². The highest BCUT2D eigenvalue weighted by Crippen LogP contribution is 2.41. The molecule has 0 amide bonds. The summed E-state index contributed by atoms with van der Waals surface area (Å²) in [5.41, 5.74) is 1.62. The van der Waals surface area contributed by atoms with Gasteiger partial charge in [0.25, 0.3) is 11.2 Å². The van der Waals surface area contributed by atoms with Crippen LogP contribution in [-0.4, -0.2) is 25.2 Å². The van der Waals surface area contributed by atoms with Crippen LogP contribution in [0.2, 0.25) is 0 Å². The maximum absolute atomic E-state index is 13.3. The van der Waals surface area contributed by atoms with Gasteiger partial charge in [-0.15, -0.1) is 0 Å². The van der Waals surface area contributed by atoms with E-state index in [0.29, 0.717) is 52.3 Å². The van der Waals surface area contributed by atoms with Gasteiger partial charge in [0, 0.05) is 37.8 Å². The quantitative estimate of drug-likeness (QED) is 0.360. The Hall–Kier alpha value is -3.92. The molecule has 0 bridgehead atoms. The van der Waals surface area contributed by atoms with E-state index in [9.17, 15) is 19.7 Å². The standard InChI is InChI=1S/C22H20N4O6/c1-12-6-7-13(11-14(12)26(29)30)17-16-18(23(2)22(28)24(3)21(16)27)19-20(15-5-4-9-31-15)32-10-8-25(17)19/h4-7,9,11,20H,8,10H2,1-3H3/t20-/m1/s1. The number of hydrogen-bond acceptors (Lipinski definition) is 6. The van der Waals surface area contributed by atoms with Crippen molar-refractivity contribution in [3.05, 3.63) is 84.6 Å². The van der Waals surface area contributed by atoms with E-state index in [0.717, 1.165) is 4.57 Å². The molecule has 4 heterocycles. The Morgan fingerprint density at radius 1 is 1.16 bits per heavy atom. The van der Waals surface area contributed by atoms with Gasteiger partial charge in [-0.05, 0) is 19.1 Å². The van der Waals surface area contributed by atoms with Crippen molar-refractivity contribution < 1.29 is 14.1 Å². The number of nitro groups is 1. The molecular weight excluding hydrogens is 416 g/mol. The Kier molecular flexibility index (Phi) is 4.41. The molecule has 4 aromatic rings. The third kappa shape index (κ3) is 2.69. The van der Waals surface area contributed by atoms with E-state index in [-0.39, 0.29) is 5.69 Å². The lowest BCUT2D eigenvalue weighted by Gasteiger charge is -2.26. The summed E-state index contributed by atoms with van der Waals surface area (Å²) in [5, 5.41) is 11.9. The van der Waals surface area contributed by atoms with Crippen LogP contribution in [0.4, 0.5) is 5.69 Å². The molecule has 0 saturated carbocycles. The van der Waals surface area contributed by atoms with E-state index in [4.69, 9.17) is 9.15 Å². The van der Waals surface area contributed by atoms with Crippen LogP contribution in [0.15, 0.2) is 50.6 Å². The molecule has 10 nitrogen and oxygen atoms in total. The third-order valence-corrected chi connectivity index (χ3v) is 6.03. The van der Waals surface area contributed by atoms with Crippen molar-refractivity contribution in [2.24, 2.45) is 14.1 Å². The number of aromatic nitrogens is 3. The SMILES string of the molecule is Cc1ccc(-c2c3c(=O)n(C)c(=O)n(C)c3c3n2CCO[C@@H]3c2ccco2)cc1[N+](=O)[O-]. The number of hydrogen-bond donors (Lipinski definition) is 0. The lowest BCUT2D eigenvalue weighted by molar-refractivity contribution is -0.385. The van der Waals surface area contributed by atoms with E-state index >= 15 is 0 Å². The molecule has 1 aliphatic rings. The predicted molar refractivity (Wildman–Crippen MR) is 116 cm³/mol. The fourth-order valence-corrected chi connectivity index (χ4v) is 4.49. The minimum Gasteiger partial charge on any atom is -0.466 e. The molecular formula is C22H20N4O6. The molecule has 0 aliphatic carbocycles. The predicted octanol–water partition coefficient (Wildman–Crippen LogP) is 2.63. The smallest absolute Gasteiger partial charge is 0.331 e. The Morgan fingerprint density at radius 2 is 1.94 bits per heavy atom. The zero-order valence-electron chi connectivity index (χ0n) is 17.7. The summed E-state index contributed by atoms with van der Waals surface area (Å²) in [7, 11) is 3.02. The first-order valence-corrected chi connectivity index (χ1v) is 10.0. The van der Waals surface area contributed by atoms with Gasteiger partial charge in [-0.3, -0.25) is 24.0 Å². The van der Waals surface area contributed by atoms with Crippen LogP contribution in [0.1, 0.15) is 23.1 Å². The third-order valence-electron chi connectivity index (χ3n) is 6.03. The molecule has 32 heavy (non-hydrogen) atoms. The fourth-order valence-electron chi connectivity index (χ4n) is 4.49. The second-order valence-electron chi connectivity index (χ2n) is 7.84. The molecule has 0 radical (unpaired) electrons. The van der Waals surface area contributed by atoms with Crippen molar-refractivity contribution in [1.29, 1.82) is 0 Å². The van der Waals surface area contributed by atoms with E-state index in [1.165, 1.54) is 23.9 Å². The molecule has 0 unspecified atom stereocenters. The number of fused-ring (bicyclic) bond motifs is 3. The summed E-state index contributed by atoms with van der Waals surface area (Å²) in [6.07, 6.45) is 0.901. The topological polar surface area (TPSA) is 114 Å². The molecule has 0 fully saturated rings. The second-order valence-corrected chi connectivity index (χ2v) is 7.84. The number of furan rings is 1. The largest absolute Gasteiger partial charge is 0.466 e. The summed E-state index contributed by atoms with van der Waals surface area (Å²) >= 11 is 0. The van der Waals surface area contributed by atoms with E-state index in [2.05, 4.69) is 0 Å². The number of benzene rings is 1. The molecule has 5 rings (SSSR count). The molecule has 1 aromatic carbocycles. The second kappa shape index (κ2) is 7.06. The van der Waals surface area contributed by atoms with Crippen molar-refractivity contribution in [3.63, 3.8) is 0 Å². The zero-order valence-corrected chi connectivity index (χ0v) is 17.7. The Morgan fingerprint density at radius 3 is 2.62 bits per heavy atom. The first-order valence-electron chi connectivity index (χ1n) is 10.0. The van der Waals surface area contributed by atoms with Gasteiger partial charge < -0.3 is 13.7 Å². The highest BCUT2D eigenvalue weighted by molar-refractivity contribution is 5.96. The fraction of sp³-hybridized carbons (Fsp3) is 0.273. The van der Waals surface area contributed by atoms with E-state index < -0.39 is 22.3 Å². The van der Waals surface area contributed by atoms with Crippen molar-refractivity contribution in [1.82, 2.24) is 13.7 Å².